The average molecular weight is 267 g/mol. The van der Waals surface area contributed by atoms with Gasteiger partial charge in [-0.05, 0) is 53.6 Å². The molecule has 0 saturated carbocycles. The van der Waals surface area contributed by atoms with Crippen LogP contribution in [0.25, 0.3) is 0 Å². The molecule has 0 aromatic heterocycles. The van der Waals surface area contributed by atoms with Gasteiger partial charge < -0.3 is 10.5 Å². The van der Waals surface area contributed by atoms with Gasteiger partial charge in [-0.3, -0.25) is 0 Å². The summed E-state index contributed by atoms with van der Waals surface area (Å²) in [7, 11) is 0. The second-order valence-electron chi connectivity index (χ2n) is 5.46. The van der Waals surface area contributed by atoms with Crippen molar-refractivity contribution in [3.63, 3.8) is 0 Å². The monoisotopic (exact) mass is 267 g/mol. The minimum atomic E-state index is 0.209. The van der Waals surface area contributed by atoms with Gasteiger partial charge in [0.2, 0.25) is 0 Å². The Kier molecular flexibility index (Phi) is 3.75. The highest BCUT2D eigenvalue weighted by atomic mass is 16.5. The van der Waals surface area contributed by atoms with Crippen molar-refractivity contribution in [3.05, 3.63) is 64.7 Å². The van der Waals surface area contributed by atoms with Crippen molar-refractivity contribution in [2.75, 3.05) is 0 Å². The lowest BCUT2D eigenvalue weighted by Gasteiger charge is -2.10. The molecule has 0 spiro atoms. The molecule has 20 heavy (non-hydrogen) atoms. The van der Waals surface area contributed by atoms with E-state index in [1.54, 1.807) is 0 Å². The Balaban J connectivity index is 1.66. The molecular weight excluding hydrogens is 246 g/mol. The zero-order valence-electron chi connectivity index (χ0n) is 11.9. The highest BCUT2D eigenvalue weighted by Gasteiger charge is 2.18. The van der Waals surface area contributed by atoms with E-state index in [-0.39, 0.29) is 6.04 Å². The van der Waals surface area contributed by atoms with E-state index in [1.165, 1.54) is 22.3 Å². The fourth-order valence-corrected chi connectivity index (χ4v) is 2.75. The number of benzene rings is 2. The summed E-state index contributed by atoms with van der Waals surface area (Å²) < 4.78 is 5.89. The van der Waals surface area contributed by atoms with Crippen LogP contribution in [0.5, 0.6) is 5.75 Å². The molecule has 2 heteroatoms. The lowest BCUT2D eigenvalue weighted by molar-refractivity contribution is 0.306. The number of ether oxygens (including phenoxy) is 1. The van der Waals surface area contributed by atoms with E-state index >= 15 is 0 Å². The highest BCUT2D eigenvalue weighted by Crippen LogP contribution is 2.32. The standard InChI is InChI=1S/C18H21NO/c1-2-13-3-5-14(6-4-13)12-20-16-8-9-17-15(11-16)7-10-18(17)19/h3-6,8-9,11,18H,2,7,10,12,19H2,1H3/t18-/m0/s1. The second-order valence-corrected chi connectivity index (χ2v) is 5.46. The van der Waals surface area contributed by atoms with Gasteiger partial charge >= 0.3 is 0 Å². The van der Waals surface area contributed by atoms with Crippen LogP contribution in [0.2, 0.25) is 0 Å². The molecule has 0 fully saturated rings. The number of hydrogen-bond donors (Lipinski definition) is 1. The number of rotatable bonds is 4. The molecule has 0 radical (unpaired) electrons. The Morgan fingerprint density at radius 2 is 1.85 bits per heavy atom. The van der Waals surface area contributed by atoms with Gasteiger partial charge in [-0.2, -0.15) is 0 Å². The molecule has 1 atom stereocenters. The van der Waals surface area contributed by atoms with Crippen LogP contribution in [0.15, 0.2) is 42.5 Å². The first kappa shape index (κ1) is 13.2. The SMILES string of the molecule is CCc1ccc(COc2ccc3c(c2)CC[C@@H]3N)cc1. The van der Waals surface area contributed by atoms with E-state index in [0.717, 1.165) is 25.0 Å². The van der Waals surface area contributed by atoms with Gasteiger partial charge in [-0.25, -0.2) is 0 Å². The molecule has 2 nitrogen and oxygen atoms in total. The van der Waals surface area contributed by atoms with Crippen LogP contribution in [0.1, 0.15) is 41.6 Å². The van der Waals surface area contributed by atoms with Gasteiger partial charge in [0.05, 0.1) is 0 Å². The minimum absolute atomic E-state index is 0.209. The zero-order valence-corrected chi connectivity index (χ0v) is 11.9. The number of hydrogen-bond acceptors (Lipinski definition) is 2. The smallest absolute Gasteiger partial charge is 0.120 e. The molecule has 1 aliphatic rings. The van der Waals surface area contributed by atoms with Crippen molar-refractivity contribution in [2.24, 2.45) is 5.73 Å². The van der Waals surface area contributed by atoms with Crippen LogP contribution in [-0.2, 0) is 19.4 Å². The fraction of sp³-hybridized carbons (Fsp3) is 0.333. The van der Waals surface area contributed by atoms with Crippen LogP contribution in [0.4, 0.5) is 0 Å². The van der Waals surface area contributed by atoms with Gasteiger partial charge in [-0.1, -0.05) is 37.3 Å². The molecule has 0 unspecified atom stereocenters. The summed E-state index contributed by atoms with van der Waals surface area (Å²) >= 11 is 0. The number of aryl methyl sites for hydroxylation is 2. The predicted octanol–water partition coefficient (Wildman–Crippen LogP) is 3.77. The molecule has 0 amide bonds. The first-order valence-corrected chi connectivity index (χ1v) is 7.35. The normalized spacial score (nSPS) is 17.0. The second kappa shape index (κ2) is 5.68. The van der Waals surface area contributed by atoms with E-state index in [0.29, 0.717) is 6.61 Å². The van der Waals surface area contributed by atoms with E-state index in [2.05, 4.69) is 43.3 Å². The number of nitrogens with two attached hydrogens (primary N) is 1. The topological polar surface area (TPSA) is 35.2 Å². The third kappa shape index (κ3) is 2.70. The van der Waals surface area contributed by atoms with Crippen LogP contribution in [0, 0.1) is 0 Å². The summed E-state index contributed by atoms with van der Waals surface area (Å²) in [4.78, 5) is 0. The first-order chi connectivity index (χ1) is 9.76. The third-order valence-corrected chi connectivity index (χ3v) is 4.08. The molecule has 0 bridgehead atoms. The lowest BCUT2D eigenvalue weighted by Crippen LogP contribution is -2.05. The third-order valence-electron chi connectivity index (χ3n) is 4.08. The zero-order chi connectivity index (χ0) is 13.9. The Morgan fingerprint density at radius 3 is 2.60 bits per heavy atom. The van der Waals surface area contributed by atoms with E-state index < -0.39 is 0 Å². The maximum absolute atomic E-state index is 6.05. The average Bonchev–Trinajstić information content (AvgIpc) is 2.87. The van der Waals surface area contributed by atoms with Crippen molar-refractivity contribution in [2.45, 2.75) is 38.8 Å². The first-order valence-electron chi connectivity index (χ1n) is 7.35. The Labute approximate surface area is 120 Å². The Morgan fingerprint density at radius 1 is 1.10 bits per heavy atom. The van der Waals surface area contributed by atoms with Crippen molar-refractivity contribution >= 4 is 0 Å². The van der Waals surface area contributed by atoms with Crippen LogP contribution < -0.4 is 10.5 Å². The van der Waals surface area contributed by atoms with E-state index in [4.69, 9.17) is 10.5 Å². The predicted molar refractivity (Wildman–Crippen MR) is 81.8 cm³/mol. The van der Waals surface area contributed by atoms with Crippen LogP contribution in [0.3, 0.4) is 0 Å². The Hall–Kier alpha value is -1.80. The van der Waals surface area contributed by atoms with Crippen molar-refractivity contribution in [1.82, 2.24) is 0 Å². The van der Waals surface area contributed by atoms with Gasteiger partial charge in [-0.15, -0.1) is 0 Å². The molecule has 0 heterocycles. The van der Waals surface area contributed by atoms with Crippen LogP contribution >= 0.6 is 0 Å². The van der Waals surface area contributed by atoms with Crippen LogP contribution in [-0.4, -0.2) is 0 Å². The molecule has 0 aliphatic heterocycles. The molecule has 2 aromatic rings. The molecule has 0 saturated heterocycles. The molecule has 104 valence electrons. The highest BCUT2D eigenvalue weighted by molar-refractivity contribution is 5.40. The Bertz CT molecular complexity index is 589. The maximum Gasteiger partial charge on any atom is 0.120 e. The maximum atomic E-state index is 6.05. The summed E-state index contributed by atoms with van der Waals surface area (Å²) in [6.45, 7) is 2.79. The van der Waals surface area contributed by atoms with Gasteiger partial charge in [0.25, 0.3) is 0 Å². The quantitative estimate of drug-likeness (QED) is 0.915. The van der Waals surface area contributed by atoms with Crippen molar-refractivity contribution < 1.29 is 4.74 Å². The number of fused-ring (bicyclic) bond motifs is 1. The fourth-order valence-electron chi connectivity index (χ4n) is 2.75. The van der Waals surface area contributed by atoms with Gasteiger partial charge in [0, 0.05) is 6.04 Å². The molecule has 1 aliphatic carbocycles. The summed E-state index contributed by atoms with van der Waals surface area (Å²) in [5.74, 6) is 0.942. The van der Waals surface area contributed by atoms with Gasteiger partial charge in [0.1, 0.15) is 12.4 Å². The lowest BCUT2D eigenvalue weighted by atomic mass is 10.1. The largest absolute Gasteiger partial charge is 0.489 e. The molecular formula is C18H21NO. The van der Waals surface area contributed by atoms with E-state index in [1.807, 2.05) is 6.07 Å². The van der Waals surface area contributed by atoms with Crippen molar-refractivity contribution in [3.8, 4) is 5.75 Å². The van der Waals surface area contributed by atoms with E-state index in [9.17, 15) is 0 Å². The molecule has 2 aromatic carbocycles. The summed E-state index contributed by atoms with van der Waals surface area (Å²) in [6, 6.07) is 15.1. The van der Waals surface area contributed by atoms with Crippen molar-refractivity contribution in [1.29, 1.82) is 0 Å². The molecule has 3 rings (SSSR count). The van der Waals surface area contributed by atoms with Gasteiger partial charge in [0.15, 0.2) is 0 Å². The summed E-state index contributed by atoms with van der Waals surface area (Å²) in [6.07, 6.45) is 3.20. The molecule has 2 N–H and O–H groups in total. The summed E-state index contributed by atoms with van der Waals surface area (Å²) in [5.41, 5.74) is 11.2. The minimum Gasteiger partial charge on any atom is -0.489 e. The summed E-state index contributed by atoms with van der Waals surface area (Å²) in [5, 5.41) is 0.